The van der Waals surface area contributed by atoms with Gasteiger partial charge in [0.05, 0.1) is 6.61 Å². The summed E-state index contributed by atoms with van der Waals surface area (Å²) in [5.74, 6) is 0.918. The van der Waals surface area contributed by atoms with Crippen LogP contribution < -0.4 is 10.1 Å². The predicted octanol–water partition coefficient (Wildman–Crippen LogP) is 5.77. The maximum atomic E-state index is 11.4. The zero-order valence-corrected chi connectivity index (χ0v) is 18.3. The van der Waals surface area contributed by atoms with Crippen molar-refractivity contribution in [3.63, 3.8) is 0 Å². The fraction of sp³-hybridized carbons (Fsp3) is 0.370. The fourth-order valence-corrected chi connectivity index (χ4v) is 4.69. The molecule has 0 spiro atoms. The van der Waals surface area contributed by atoms with Gasteiger partial charge in [-0.25, -0.2) is 4.79 Å². The Labute approximate surface area is 184 Å². The predicted molar refractivity (Wildman–Crippen MR) is 124 cm³/mol. The van der Waals surface area contributed by atoms with E-state index in [1.165, 1.54) is 34.7 Å². The van der Waals surface area contributed by atoms with E-state index in [9.17, 15) is 4.79 Å². The average molecular weight is 418 g/mol. The Morgan fingerprint density at radius 1 is 1.03 bits per heavy atom. The number of benzene rings is 3. The summed E-state index contributed by atoms with van der Waals surface area (Å²) in [6, 6.07) is 24.2. The number of ether oxygens (including phenoxy) is 2. The third kappa shape index (κ3) is 5.26. The van der Waals surface area contributed by atoms with Gasteiger partial charge in [-0.3, -0.25) is 0 Å². The molecule has 31 heavy (non-hydrogen) atoms. The molecule has 0 saturated heterocycles. The molecular weight excluding hydrogens is 386 g/mol. The molecular formula is C27H31NO3. The second-order valence-electron chi connectivity index (χ2n) is 8.33. The van der Waals surface area contributed by atoms with Gasteiger partial charge in [-0.15, -0.1) is 0 Å². The van der Waals surface area contributed by atoms with Crippen molar-refractivity contribution in [2.45, 2.75) is 51.1 Å². The lowest BCUT2D eigenvalue weighted by molar-refractivity contribution is -0.145. The van der Waals surface area contributed by atoms with Crippen molar-refractivity contribution in [1.29, 1.82) is 0 Å². The van der Waals surface area contributed by atoms with Gasteiger partial charge in [0.25, 0.3) is 0 Å². The Morgan fingerprint density at radius 3 is 2.61 bits per heavy atom. The highest BCUT2D eigenvalue weighted by Crippen LogP contribution is 2.36. The zero-order valence-electron chi connectivity index (χ0n) is 18.3. The summed E-state index contributed by atoms with van der Waals surface area (Å²) in [5, 5.41) is 6.49. The van der Waals surface area contributed by atoms with Crippen LogP contribution >= 0.6 is 0 Å². The number of fused-ring (bicyclic) bond motifs is 1. The van der Waals surface area contributed by atoms with Gasteiger partial charge in [0.15, 0.2) is 6.61 Å². The van der Waals surface area contributed by atoms with E-state index in [2.05, 4.69) is 66.8 Å². The molecule has 2 unspecified atom stereocenters. The number of esters is 1. The van der Waals surface area contributed by atoms with Crippen molar-refractivity contribution < 1.29 is 14.3 Å². The summed E-state index contributed by atoms with van der Waals surface area (Å²) in [6.45, 7) is 4.38. The first-order valence-corrected chi connectivity index (χ1v) is 11.3. The largest absolute Gasteiger partial charge is 0.482 e. The molecule has 162 valence electrons. The molecule has 1 fully saturated rings. The minimum Gasteiger partial charge on any atom is -0.482 e. The van der Waals surface area contributed by atoms with Crippen LogP contribution in [0.5, 0.6) is 5.75 Å². The highest BCUT2D eigenvalue weighted by molar-refractivity contribution is 5.86. The van der Waals surface area contributed by atoms with Crippen LogP contribution in [0.2, 0.25) is 0 Å². The summed E-state index contributed by atoms with van der Waals surface area (Å²) in [5.41, 5.74) is 2.70. The summed E-state index contributed by atoms with van der Waals surface area (Å²) < 4.78 is 10.4. The third-order valence-corrected chi connectivity index (χ3v) is 6.22. The number of nitrogens with one attached hydrogen (secondary N) is 1. The highest BCUT2D eigenvalue weighted by atomic mass is 16.6. The summed E-state index contributed by atoms with van der Waals surface area (Å²) in [6.07, 6.45) is 3.50. The molecule has 3 atom stereocenters. The van der Waals surface area contributed by atoms with Crippen molar-refractivity contribution in [1.82, 2.24) is 5.32 Å². The van der Waals surface area contributed by atoms with Gasteiger partial charge in [-0.2, -0.15) is 0 Å². The highest BCUT2D eigenvalue weighted by Gasteiger charge is 2.27. The van der Waals surface area contributed by atoms with Gasteiger partial charge in [0.2, 0.25) is 0 Å². The Hall–Kier alpha value is -2.85. The summed E-state index contributed by atoms with van der Waals surface area (Å²) >= 11 is 0. The van der Waals surface area contributed by atoms with E-state index in [0.29, 0.717) is 30.4 Å². The van der Waals surface area contributed by atoms with Gasteiger partial charge < -0.3 is 14.8 Å². The molecule has 0 bridgehead atoms. The molecule has 1 saturated carbocycles. The standard InChI is InChI=1S/C27H31NO3/c1-3-30-27(29)18-31-24-15-12-20(13-16-24)22-11-14-23(17-22)28-19(2)25-10-6-8-21-7-4-5-9-26(21)25/h4-10,12-13,15-16,19,22-23,28H,3,11,14,17-18H2,1-2H3/t19-,22?,23?/m1/s1. The van der Waals surface area contributed by atoms with Crippen molar-refractivity contribution in [2.75, 3.05) is 13.2 Å². The lowest BCUT2D eigenvalue weighted by Crippen LogP contribution is -2.29. The molecule has 1 N–H and O–H groups in total. The Balaban J connectivity index is 1.33. The lowest BCUT2D eigenvalue weighted by Gasteiger charge is -2.21. The molecule has 0 amide bonds. The quantitative estimate of drug-likeness (QED) is 0.473. The third-order valence-electron chi connectivity index (χ3n) is 6.22. The maximum Gasteiger partial charge on any atom is 0.344 e. The molecule has 0 aliphatic heterocycles. The molecule has 4 rings (SSSR count). The normalized spacial score (nSPS) is 19.3. The average Bonchev–Trinajstić information content (AvgIpc) is 3.26. The first-order chi connectivity index (χ1) is 15.1. The van der Waals surface area contributed by atoms with Crippen molar-refractivity contribution in [2.24, 2.45) is 0 Å². The van der Waals surface area contributed by atoms with E-state index in [1.54, 1.807) is 6.92 Å². The van der Waals surface area contributed by atoms with E-state index in [-0.39, 0.29) is 12.6 Å². The first-order valence-electron chi connectivity index (χ1n) is 11.3. The summed E-state index contributed by atoms with van der Waals surface area (Å²) in [4.78, 5) is 11.4. The van der Waals surface area contributed by atoms with Crippen LogP contribution in [0.25, 0.3) is 10.8 Å². The van der Waals surface area contributed by atoms with E-state index < -0.39 is 0 Å². The van der Waals surface area contributed by atoms with Gasteiger partial charge in [-0.05, 0) is 73.1 Å². The molecule has 0 heterocycles. The number of hydrogen-bond acceptors (Lipinski definition) is 4. The molecule has 0 radical (unpaired) electrons. The van der Waals surface area contributed by atoms with Crippen LogP contribution in [-0.4, -0.2) is 25.2 Å². The van der Waals surface area contributed by atoms with Crippen LogP contribution in [0.1, 0.15) is 56.2 Å². The van der Waals surface area contributed by atoms with E-state index in [0.717, 1.165) is 6.42 Å². The van der Waals surface area contributed by atoms with Gasteiger partial charge in [0.1, 0.15) is 5.75 Å². The van der Waals surface area contributed by atoms with E-state index in [1.807, 2.05) is 12.1 Å². The lowest BCUT2D eigenvalue weighted by atomic mass is 9.96. The Bertz CT molecular complexity index is 1010. The van der Waals surface area contributed by atoms with Gasteiger partial charge >= 0.3 is 5.97 Å². The maximum absolute atomic E-state index is 11.4. The summed E-state index contributed by atoms with van der Waals surface area (Å²) in [7, 11) is 0. The monoisotopic (exact) mass is 417 g/mol. The second kappa shape index (κ2) is 9.97. The van der Waals surface area contributed by atoms with Crippen molar-refractivity contribution >= 4 is 16.7 Å². The van der Waals surface area contributed by atoms with Crippen LogP contribution in [0.4, 0.5) is 0 Å². The Kier molecular flexibility index (Phi) is 6.88. The molecule has 0 aromatic heterocycles. The minimum atomic E-state index is -0.336. The topological polar surface area (TPSA) is 47.6 Å². The minimum absolute atomic E-state index is 0.0470. The SMILES string of the molecule is CCOC(=O)COc1ccc(C2CCC(N[C@H](C)c3cccc4ccccc34)C2)cc1. The van der Waals surface area contributed by atoms with Crippen molar-refractivity contribution in [3.8, 4) is 5.75 Å². The molecule has 3 aromatic rings. The van der Waals surface area contributed by atoms with Crippen molar-refractivity contribution in [3.05, 3.63) is 77.9 Å². The van der Waals surface area contributed by atoms with E-state index >= 15 is 0 Å². The van der Waals surface area contributed by atoms with Crippen LogP contribution in [0.3, 0.4) is 0 Å². The number of carbonyl (C=O) groups excluding carboxylic acids is 1. The molecule has 4 heteroatoms. The number of rotatable bonds is 8. The van der Waals surface area contributed by atoms with Crippen LogP contribution in [0.15, 0.2) is 66.7 Å². The fourth-order valence-electron chi connectivity index (χ4n) is 4.69. The van der Waals surface area contributed by atoms with Crippen LogP contribution in [0, 0.1) is 0 Å². The first kappa shape index (κ1) is 21.4. The van der Waals surface area contributed by atoms with Gasteiger partial charge in [-0.1, -0.05) is 54.6 Å². The number of hydrogen-bond donors (Lipinski definition) is 1. The Morgan fingerprint density at radius 2 is 1.81 bits per heavy atom. The zero-order chi connectivity index (χ0) is 21.6. The molecule has 4 nitrogen and oxygen atoms in total. The van der Waals surface area contributed by atoms with E-state index in [4.69, 9.17) is 9.47 Å². The second-order valence-corrected chi connectivity index (χ2v) is 8.33. The van der Waals surface area contributed by atoms with Gasteiger partial charge in [0, 0.05) is 12.1 Å². The molecule has 1 aliphatic carbocycles. The molecule has 1 aliphatic rings. The molecule has 3 aromatic carbocycles. The number of carbonyl (C=O) groups is 1. The smallest absolute Gasteiger partial charge is 0.344 e. The van der Waals surface area contributed by atoms with Crippen LogP contribution in [-0.2, 0) is 9.53 Å².